The minimum absolute atomic E-state index is 0.621. The van der Waals surface area contributed by atoms with E-state index in [0.29, 0.717) is 5.92 Å². The summed E-state index contributed by atoms with van der Waals surface area (Å²) >= 11 is 6.34. The van der Waals surface area contributed by atoms with Gasteiger partial charge in [0.25, 0.3) is 0 Å². The summed E-state index contributed by atoms with van der Waals surface area (Å²) in [5.41, 5.74) is 2.18. The van der Waals surface area contributed by atoms with Gasteiger partial charge in [0.1, 0.15) is 17.8 Å². The Morgan fingerprint density at radius 3 is 2.95 bits per heavy atom. The Labute approximate surface area is 129 Å². The second kappa shape index (κ2) is 6.15. The van der Waals surface area contributed by atoms with Crippen molar-refractivity contribution in [3.63, 3.8) is 0 Å². The second-order valence-electron chi connectivity index (χ2n) is 5.84. The number of hydrogen-bond donors (Lipinski definition) is 0. The third-order valence-corrected chi connectivity index (χ3v) is 4.64. The lowest BCUT2D eigenvalue weighted by Crippen LogP contribution is -2.36. The number of nitrogens with zero attached hydrogens (tertiary/aromatic N) is 6. The van der Waals surface area contributed by atoms with Crippen LogP contribution < -0.4 is 0 Å². The first-order chi connectivity index (χ1) is 10.1. The number of aryl methyl sites for hydroxylation is 2. The van der Waals surface area contributed by atoms with Crippen LogP contribution in [0, 0.1) is 12.8 Å². The molecular formula is C14H21ClN6. The average Bonchev–Trinajstić information content (AvgIpc) is 3.04. The number of aromatic nitrogens is 5. The van der Waals surface area contributed by atoms with E-state index in [1.165, 1.54) is 12.8 Å². The third kappa shape index (κ3) is 3.27. The van der Waals surface area contributed by atoms with Crippen LogP contribution in [-0.4, -0.2) is 42.5 Å². The summed E-state index contributed by atoms with van der Waals surface area (Å²) in [6.45, 7) is 6.05. The van der Waals surface area contributed by atoms with Crippen LogP contribution in [0.1, 0.15) is 24.1 Å². The number of piperidine rings is 1. The van der Waals surface area contributed by atoms with Crippen LogP contribution in [0.4, 0.5) is 0 Å². The van der Waals surface area contributed by atoms with Gasteiger partial charge in [-0.15, -0.1) is 0 Å². The molecule has 2 aromatic rings. The Balaban J connectivity index is 1.63. The Hall–Kier alpha value is -1.40. The molecule has 7 heteroatoms. The van der Waals surface area contributed by atoms with E-state index in [2.05, 4.69) is 20.1 Å². The first-order valence-electron chi connectivity index (χ1n) is 7.36. The maximum absolute atomic E-state index is 6.34. The maximum Gasteiger partial charge on any atom is 0.137 e. The van der Waals surface area contributed by atoms with E-state index < -0.39 is 0 Å². The number of halogens is 1. The minimum atomic E-state index is 0.621. The van der Waals surface area contributed by atoms with Crippen LogP contribution in [0.25, 0.3) is 0 Å². The molecule has 0 saturated carbocycles. The molecule has 1 fully saturated rings. The van der Waals surface area contributed by atoms with Crippen LogP contribution in [0.15, 0.2) is 12.7 Å². The number of rotatable bonds is 4. The lowest BCUT2D eigenvalue weighted by Gasteiger charge is -2.32. The highest BCUT2D eigenvalue weighted by atomic mass is 35.5. The van der Waals surface area contributed by atoms with E-state index in [1.54, 1.807) is 17.3 Å². The van der Waals surface area contributed by atoms with Gasteiger partial charge in [-0.2, -0.15) is 10.2 Å². The average molecular weight is 309 g/mol. The lowest BCUT2D eigenvalue weighted by molar-refractivity contribution is 0.153. The van der Waals surface area contributed by atoms with Crippen LogP contribution in [0.3, 0.4) is 0 Å². The molecule has 114 valence electrons. The summed E-state index contributed by atoms with van der Waals surface area (Å²) in [4.78, 5) is 6.48. The fraction of sp³-hybridized carbons (Fsp3) is 0.643. The van der Waals surface area contributed by atoms with Crippen molar-refractivity contribution in [1.82, 2.24) is 29.4 Å². The molecule has 1 atom stereocenters. The van der Waals surface area contributed by atoms with E-state index in [1.807, 2.05) is 18.7 Å². The molecule has 0 bridgehead atoms. The Kier molecular flexibility index (Phi) is 4.26. The summed E-state index contributed by atoms with van der Waals surface area (Å²) in [6.07, 6.45) is 5.85. The molecule has 1 unspecified atom stereocenters. The number of likely N-dealkylation sites (tertiary alicyclic amines) is 1. The monoisotopic (exact) mass is 308 g/mol. The van der Waals surface area contributed by atoms with Gasteiger partial charge in [0, 0.05) is 32.2 Å². The Morgan fingerprint density at radius 1 is 1.43 bits per heavy atom. The van der Waals surface area contributed by atoms with E-state index >= 15 is 0 Å². The van der Waals surface area contributed by atoms with Gasteiger partial charge in [-0.25, -0.2) is 4.98 Å². The molecule has 0 spiro atoms. The minimum Gasteiger partial charge on any atom is -0.299 e. The van der Waals surface area contributed by atoms with Crippen molar-refractivity contribution in [2.24, 2.45) is 13.0 Å². The predicted molar refractivity (Wildman–Crippen MR) is 81.0 cm³/mol. The highest BCUT2D eigenvalue weighted by molar-refractivity contribution is 6.30. The molecule has 0 radical (unpaired) electrons. The third-order valence-electron chi connectivity index (χ3n) is 4.17. The first kappa shape index (κ1) is 14.5. The molecule has 1 saturated heterocycles. The largest absolute Gasteiger partial charge is 0.299 e. The molecule has 0 aromatic carbocycles. The van der Waals surface area contributed by atoms with Gasteiger partial charge in [-0.1, -0.05) is 11.6 Å². The van der Waals surface area contributed by atoms with E-state index in [9.17, 15) is 0 Å². The fourth-order valence-electron chi connectivity index (χ4n) is 3.11. The van der Waals surface area contributed by atoms with Crippen molar-refractivity contribution >= 4 is 11.6 Å². The quantitative estimate of drug-likeness (QED) is 0.865. The zero-order valence-electron chi connectivity index (χ0n) is 12.5. The van der Waals surface area contributed by atoms with E-state index in [0.717, 1.165) is 42.6 Å². The van der Waals surface area contributed by atoms with Gasteiger partial charge >= 0.3 is 0 Å². The fourth-order valence-corrected chi connectivity index (χ4v) is 3.35. The highest BCUT2D eigenvalue weighted by Gasteiger charge is 2.23. The highest BCUT2D eigenvalue weighted by Crippen LogP contribution is 2.24. The molecule has 0 amide bonds. The smallest absolute Gasteiger partial charge is 0.137 e. The van der Waals surface area contributed by atoms with Gasteiger partial charge in [0.2, 0.25) is 0 Å². The summed E-state index contributed by atoms with van der Waals surface area (Å²) in [5, 5.41) is 9.35. The van der Waals surface area contributed by atoms with Crippen molar-refractivity contribution in [2.75, 3.05) is 13.1 Å². The van der Waals surface area contributed by atoms with Gasteiger partial charge in [0.05, 0.1) is 5.69 Å². The summed E-state index contributed by atoms with van der Waals surface area (Å²) in [7, 11) is 1.89. The van der Waals surface area contributed by atoms with E-state index in [-0.39, 0.29) is 0 Å². The number of hydrogen-bond acceptors (Lipinski definition) is 4. The standard InChI is InChI=1S/C14H21ClN6/c1-11-13(14(15)19(2)18-11)8-20-5-3-4-12(6-20)7-21-10-16-9-17-21/h9-10,12H,3-8H2,1-2H3. The maximum atomic E-state index is 6.34. The van der Waals surface area contributed by atoms with Crippen molar-refractivity contribution in [3.05, 3.63) is 29.1 Å². The zero-order valence-corrected chi connectivity index (χ0v) is 13.3. The lowest BCUT2D eigenvalue weighted by atomic mass is 9.97. The van der Waals surface area contributed by atoms with Crippen molar-refractivity contribution in [3.8, 4) is 0 Å². The molecular weight excluding hydrogens is 288 g/mol. The van der Waals surface area contributed by atoms with E-state index in [4.69, 9.17) is 11.6 Å². The normalized spacial score (nSPS) is 20.0. The van der Waals surface area contributed by atoms with Crippen molar-refractivity contribution in [2.45, 2.75) is 32.9 Å². The van der Waals surface area contributed by atoms with Gasteiger partial charge in [-0.3, -0.25) is 14.3 Å². The Morgan fingerprint density at radius 2 is 2.29 bits per heavy atom. The second-order valence-corrected chi connectivity index (χ2v) is 6.20. The van der Waals surface area contributed by atoms with Crippen molar-refractivity contribution < 1.29 is 0 Å². The van der Waals surface area contributed by atoms with Crippen molar-refractivity contribution in [1.29, 1.82) is 0 Å². The van der Waals surface area contributed by atoms with Gasteiger partial charge in [0.15, 0.2) is 0 Å². The Bertz CT molecular complexity index is 591. The summed E-state index contributed by atoms with van der Waals surface area (Å²) in [5.74, 6) is 0.621. The van der Waals surface area contributed by atoms with Crippen LogP contribution in [0.5, 0.6) is 0 Å². The van der Waals surface area contributed by atoms with Crippen LogP contribution in [0.2, 0.25) is 5.15 Å². The molecule has 21 heavy (non-hydrogen) atoms. The molecule has 3 rings (SSSR count). The molecule has 1 aliphatic rings. The zero-order chi connectivity index (χ0) is 14.8. The molecule has 6 nitrogen and oxygen atoms in total. The molecule has 2 aromatic heterocycles. The summed E-state index contributed by atoms with van der Waals surface area (Å²) < 4.78 is 3.68. The van der Waals surface area contributed by atoms with Crippen LogP contribution in [-0.2, 0) is 20.1 Å². The molecule has 3 heterocycles. The molecule has 0 N–H and O–H groups in total. The van der Waals surface area contributed by atoms with Gasteiger partial charge in [-0.05, 0) is 32.2 Å². The molecule has 1 aliphatic heterocycles. The SMILES string of the molecule is Cc1nn(C)c(Cl)c1CN1CCCC(Cn2cncn2)C1. The van der Waals surface area contributed by atoms with Gasteiger partial charge < -0.3 is 0 Å². The predicted octanol–water partition coefficient (Wildman–Crippen LogP) is 1.89. The molecule has 0 aliphatic carbocycles. The topological polar surface area (TPSA) is 51.8 Å². The summed E-state index contributed by atoms with van der Waals surface area (Å²) in [6, 6.07) is 0. The first-order valence-corrected chi connectivity index (χ1v) is 7.74. The van der Waals surface area contributed by atoms with Crippen LogP contribution >= 0.6 is 11.6 Å².